The Labute approximate surface area is 155 Å². The number of benzene rings is 2. The predicted octanol–water partition coefficient (Wildman–Crippen LogP) is 3.65. The number of ether oxygens (including phenoxy) is 1. The lowest BCUT2D eigenvalue weighted by molar-refractivity contribution is 0.0527. The monoisotopic (exact) mass is 367 g/mol. The molecule has 0 radical (unpaired) electrons. The van der Waals surface area contributed by atoms with Gasteiger partial charge >= 0.3 is 5.97 Å². The molecule has 0 saturated carbocycles. The number of carbonyl (C=O) groups excluding carboxylic acids is 2. The topological polar surface area (TPSA) is 80.3 Å². The number of hydrogen-bond donors (Lipinski definition) is 2. The predicted molar refractivity (Wildman–Crippen MR) is 101 cm³/mol. The highest BCUT2D eigenvalue weighted by Gasteiger charge is 2.19. The van der Waals surface area contributed by atoms with Crippen molar-refractivity contribution < 1.29 is 18.7 Å². The van der Waals surface area contributed by atoms with Crippen molar-refractivity contribution in [2.45, 2.75) is 6.92 Å². The van der Waals surface area contributed by atoms with Crippen LogP contribution in [0.3, 0.4) is 0 Å². The number of hydrogen-bond acceptors (Lipinski definition) is 5. The van der Waals surface area contributed by atoms with Crippen molar-refractivity contribution in [1.82, 2.24) is 10.3 Å². The van der Waals surface area contributed by atoms with Gasteiger partial charge in [-0.05, 0) is 37.3 Å². The molecule has 3 rings (SSSR count). The molecular formula is C20H18FN3O3. The number of pyridine rings is 1. The van der Waals surface area contributed by atoms with E-state index < -0.39 is 11.8 Å². The van der Waals surface area contributed by atoms with Crippen LogP contribution in [0, 0.1) is 5.82 Å². The minimum atomic E-state index is -0.587. The average Bonchev–Trinajstić information content (AvgIpc) is 2.69. The zero-order valence-corrected chi connectivity index (χ0v) is 14.9. The van der Waals surface area contributed by atoms with Gasteiger partial charge in [-0.1, -0.05) is 12.1 Å². The number of carbonyl (C=O) groups is 2. The first-order valence-corrected chi connectivity index (χ1v) is 8.38. The quantitative estimate of drug-likeness (QED) is 0.673. The largest absolute Gasteiger partial charge is 0.462 e. The minimum Gasteiger partial charge on any atom is -0.462 e. The molecule has 1 amide bonds. The highest BCUT2D eigenvalue weighted by molar-refractivity contribution is 6.08. The SMILES string of the molecule is CCOC(=O)c1cnc2ccc(C(=O)NC)cc2c1Nc1ccccc1F. The summed E-state index contributed by atoms with van der Waals surface area (Å²) in [7, 11) is 1.53. The Morgan fingerprint density at radius 2 is 1.96 bits per heavy atom. The summed E-state index contributed by atoms with van der Waals surface area (Å²) in [6.07, 6.45) is 1.38. The van der Waals surface area contributed by atoms with E-state index in [4.69, 9.17) is 4.74 Å². The third kappa shape index (κ3) is 3.72. The third-order valence-electron chi connectivity index (χ3n) is 3.99. The number of fused-ring (bicyclic) bond motifs is 1. The molecule has 0 atom stereocenters. The lowest BCUT2D eigenvalue weighted by atomic mass is 10.1. The molecule has 0 spiro atoms. The molecule has 0 unspecified atom stereocenters. The maximum Gasteiger partial charge on any atom is 0.341 e. The van der Waals surface area contributed by atoms with Gasteiger partial charge in [0.1, 0.15) is 11.4 Å². The van der Waals surface area contributed by atoms with Gasteiger partial charge in [0.25, 0.3) is 5.91 Å². The second-order valence-electron chi connectivity index (χ2n) is 5.68. The van der Waals surface area contributed by atoms with E-state index in [0.717, 1.165) is 0 Å². The molecule has 0 fully saturated rings. The Bertz CT molecular complexity index is 1020. The summed E-state index contributed by atoms with van der Waals surface area (Å²) < 4.78 is 19.3. The van der Waals surface area contributed by atoms with Crippen LogP contribution in [0.15, 0.2) is 48.7 Å². The fourth-order valence-corrected chi connectivity index (χ4v) is 2.67. The molecule has 3 aromatic rings. The van der Waals surface area contributed by atoms with Crippen LogP contribution in [0.25, 0.3) is 10.9 Å². The third-order valence-corrected chi connectivity index (χ3v) is 3.99. The Kier molecular flexibility index (Phi) is 5.30. The van der Waals surface area contributed by atoms with Crippen LogP contribution < -0.4 is 10.6 Å². The van der Waals surface area contributed by atoms with Gasteiger partial charge < -0.3 is 15.4 Å². The summed E-state index contributed by atoms with van der Waals surface area (Å²) in [5, 5.41) is 6.01. The van der Waals surface area contributed by atoms with Crippen molar-refractivity contribution in [2.24, 2.45) is 0 Å². The molecule has 2 aromatic carbocycles. The molecule has 0 saturated heterocycles. The van der Waals surface area contributed by atoms with E-state index in [1.54, 1.807) is 43.3 Å². The standard InChI is InChI=1S/C20H18FN3O3/c1-3-27-20(26)14-11-23-16-9-8-12(19(25)22-2)10-13(16)18(14)24-17-7-5-4-6-15(17)21/h4-11H,3H2,1-2H3,(H,22,25)(H,23,24). The second-order valence-corrected chi connectivity index (χ2v) is 5.68. The van der Waals surface area contributed by atoms with Crippen molar-refractivity contribution in [1.29, 1.82) is 0 Å². The molecule has 138 valence electrons. The number of rotatable bonds is 5. The van der Waals surface area contributed by atoms with Crippen molar-refractivity contribution in [3.05, 3.63) is 65.6 Å². The number of amides is 1. The van der Waals surface area contributed by atoms with Crippen LogP contribution in [0.1, 0.15) is 27.6 Å². The Morgan fingerprint density at radius 1 is 1.19 bits per heavy atom. The van der Waals surface area contributed by atoms with Gasteiger partial charge in [0.15, 0.2) is 0 Å². The number of halogens is 1. The molecule has 6 nitrogen and oxygen atoms in total. The Morgan fingerprint density at radius 3 is 2.67 bits per heavy atom. The molecule has 1 aromatic heterocycles. The second kappa shape index (κ2) is 7.82. The van der Waals surface area contributed by atoms with Crippen molar-refractivity contribution >= 4 is 34.2 Å². The van der Waals surface area contributed by atoms with Crippen LogP contribution >= 0.6 is 0 Å². The van der Waals surface area contributed by atoms with Gasteiger partial charge in [0.2, 0.25) is 0 Å². The maximum absolute atomic E-state index is 14.2. The van der Waals surface area contributed by atoms with Gasteiger partial charge in [-0.15, -0.1) is 0 Å². The molecule has 2 N–H and O–H groups in total. The molecule has 27 heavy (non-hydrogen) atoms. The molecule has 0 aliphatic heterocycles. The maximum atomic E-state index is 14.2. The Hall–Kier alpha value is -3.48. The first-order valence-electron chi connectivity index (χ1n) is 8.38. The highest BCUT2D eigenvalue weighted by Crippen LogP contribution is 2.31. The highest BCUT2D eigenvalue weighted by atomic mass is 19.1. The lowest BCUT2D eigenvalue weighted by Gasteiger charge is -2.15. The molecular weight excluding hydrogens is 349 g/mol. The summed E-state index contributed by atoms with van der Waals surface area (Å²) in [5.41, 5.74) is 1.62. The number of nitrogens with one attached hydrogen (secondary N) is 2. The van der Waals surface area contributed by atoms with Crippen LogP contribution in [0.2, 0.25) is 0 Å². The normalized spacial score (nSPS) is 10.5. The van der Waals surface area contributed by atoms with Crippen LogP contribution in [0.5, 0.6) is 0 Å². The van der Waals surface area contributed by atoms with E-state index in [0.29, 0.717) is 22.2 Å². The van der Waals surface area contributed by atoms with Crippen molar-refractivity contribution in [3.63, 3.8) is 0 Å². The first kappa shape index (κ1) is 18.3. The summed E-state index contributed by atoms with van der Waals surface area (Å²) in [5.74, 6) is -1.34. The van der Waals surface area contributed by atoms with E-state index in [1.807, 2.05) is 0 Å². The fourth-order valence-electron chi connectivity index (χ4n) is 2.67. The lowest BCUT2D eigenvalue weighted by Crippen LogP contribution is -2.17. The summed E-state index contributed by atoms with van der Waals surface area (Å²) >= 11 is 0. The van der Waals surface area contributed by atoms with E-state index in [9.17, 15) is 14.0 Å². The summed E-state index contributed by atoms with van der Waals surface area (Å²) in [4.78, 5) is 28.7. The first-order chi connectivity index (χ1) is 13.0. The Balaban J connectivity index is 2.22. The zero-order valence-electron chi connectivity index (χ0n) is 14.9. The molecule has 1 heterocycles. The number of nitrogens with zero attached hydrogens (tertiary/aromatic N) is 1. The summed E-state index contributed by atoms with van der Waals surface area (Å²) in [6, 6.07) is 11.0. The number of aromatic nitrogens is 1. The number of anilines is 2. The van der Waals surface area contributed by atoms with Gasteiger partial charge in [-0.2, -0.15) is 0 Å². The van der Waals surface area contributed by atoms with E-state index in [-0.39, 0.29) is 23.8 Å². The summed E-state index contributed by atoms with van der Waals surface area (Å²) in [6.45, 7) is 1.88. The number of esters is 1. The van der Waals surface area contributed by atoms with Crippen LogP contribution in [-0.2, 0) is 4.74 Å². The minimum absolute atomic E-state index is 0.154. The molecule has 0 aliphatic carbocycles. The van der Waals surface area contributed by atoms with Gasteiger partial charge in [0, 0.05) is 24.2 Å². The number of para-hydroxylation sites is 1. The smallest absolute Gasteiger partial charge is 0.341 e. The van der Waals surface area contributed by atoms with Crippen molar-refractivity contribution in [2.75, 3.05) is 19.0 Å². The fraction of sp³-hybridized carbons (Fsp3) is 0.150. The zero-order chi connectivity index (χ0) is 19.4. The van der Waals surface area contributed by atoms with Gasteiger partial charge in [-0.3, -0.25) is 9.78 Å². The van der Waals surface area contributed by atoms with E-state index in [2.05, 4.69) is 15.6 Å². The van der Waals surface area contributed by atoms with Crippen LogP contribution in [-0.4, -0.2) is 30.5 Å². The average molecular weight is 367 g/mol. The van der Waals surface area contributed by atoms with E-state index in [1.165, 1.54) is 19.3 Å². The van der Waals surface area contributed by atoms with Crippen LogP contribution in [0.4, 0.5) is 15.8 Å². The van der Waals surface area contributed by atoms with E-state index >= 15 is 0 Å². The van der Waals surface area contributed by atoms with Gasteiger partial charge in [-0.25, -0.2) is 9.18 Å². The molecule has 7 heteroatoms. The molecule has 0 bridgehead atoms. The molecule has 0 aliphatic rings. The van der Waals surface area contributed by atoms with Crippen molar-refractivity contribution in [3.8, 4) is 0 Å². The van der Waals surface area contributed by atoms with Gasteiger partial charge in [0.05, 0.1) is 23.5 Å².